The highest BCUT2D eigenvalue weighted by Crippen LogP contribution is 2.34. The second-order valence-corrected chi connectivity index (χ2v) is 8.62. The van der Waals surface area contributed by atoms with Crippen molar-refractivity contribution in [3.05, 3.63) is 95.1 Å². The van der Waals surface area contributed by atoms with Gasteiger partial charge in [0.05, 0.1) is 5.69 Å². The third kappa shape index (κ3) is 4.66. The van der Waals surface area contributed by atoms with Crippen LogP contribution in [0.2, 0.25) is 0 Å². The topological polar surface area (TPSA) is 75.7 Å². The van der Waals surface area contributed by atoms with Crippen molar-refractivity contribution in [3.8, 4) is 5.75 Å². The van der Waals surface area contributed by atoms with Crippen molar-refractivity contribution in [2.75, 3.05) is 10.8 Å². The molecule has 3 aromatic carbocycles. The van der Waals surface area contributed by atoms with Gasteiger partial charge in [-0.05, 0) is 47.0 Å². The number of nitrogens with zero attached hydrogens (tertiary/aromatic N) is 1. The van der Waals surface area contributed by atoms with Crippen LogP contribution in [0, 0.1) is 11.6 Å². The summed E-state index contributed by atoms with van der Waals surface area (Å²) >= 11 is 0. The smallest absolute Gasteiger partial charge is 0.326 e. The standard InChI is InChI=1S/C22H18F2N2O4S/c23-18-7-8-19(24)17(12-18)10-16-6-9-20(26-13-22(27)25-31(26,28)29)21(11-16)30-14-15-4-2-1-3-5-15/h1-9,11-12H,10,13-14H2,(H,25,27). The third-order valence-electron chi connectivity index (χ3n) is 4.75. The van der Waals surface area contributed by atoms with Crippen molar-refractivity contribution in [2.24, 2.45) is 0 Å². The Kier molecular flexibility index (Phi) is 5.60. The van der Waals surface area contributed by atoms with Gasteiger partial charge in [0.2, 0.25) is 0 Å². The Morgan fingerprint density at radius 2 is 1.74 bits per heavy atom. The Morgan fingerprint density at radius 1 is 0.968 bits per heavy atom. The molecule has 0 unspecified atom stereocenters. The first kappa shape index (κ1) is 20.8. The van der Waals surface area contributed by atoms with Crippen LogP contribution in [-0.2, 0) is 28.0 Å². The van der Waals surface area contributed by atoms with Crippen LogP contribution >= 0.6 is 0 Å². The molecule has 0 spiro atoms. The lowest BCUT2D eigenvalue weighted by Crippen LogP contribution is -2.29. The van der Waals surface area contributed by atoms with Gasteiger partial charge in [-0.15, -0.1) is 0 Å². The van der Waals surface area contributed by atoms with E-state index < -0.39 is 27.8 Å². The fourth-order valence-electron chi connectivity index (χ4n) is 3.29. The van der Waals surface area contributed by atoms with Gasteiger partial charge in [-0.3, -0.25) is 4.79 Å². The van der Waals surface area contributed by atoms with Crippen molar-refractivity contribution in [1.29, 1.82) is 0 Å². The number of amides is 1. The summed E-state index contributed by atoms with van der Waals surface area (Å²) in [4.78, 5) is 11.7. The van der Waals surface area contributed by atoms with Crippen molar-refractivity contribution in [3.63, 3.8) is 0 Å². The normalized spacial score (nSPS) is 15.0. The lowest BCUT2D eigenvalue weighted by Gasteiger charge is -2.20. The monoisotopic (exact) mass is 444 g/mol. The van der Waals surface area contributed by atoms with Gasteiger partial charge < -0.3 is 4.74 Å². The molecule has 1 aliphatic heterocycles. The number of carbonyl (C=O) groups excluding carboxylic acids is 1. The van der Waals surface area contributed by atoms with Gasteiger partial charge in [-0.1, -0.05) is 36.4 Å². The van der Waals surface area contributed by atoms with Crippen LogP contribution in [0.4, 0.5) is 14.5 Å². The Hall–Kier alpha value is -3.46. The van der Waals surface area contributed by atoms with Crippen molar-refractivity contribution >= 4 is 21.8 Å². The quantitative estimate of drug-likeness (QED) is 0.633. The summed E-state index contributed by atoms with van der Waals surface area (Å²) in [6.45, 7) is -0.219. The van der Waals surface area contributed by atoms with Crippen molar-refractivity contribution in [1.82, 2.24) is 4.72 Å². The number of anilines is 1. The summed E-state index contributed by atoms with van der Waals surface area (Å²) in [5.41, 5.74) is 1.78. The van der Waals surface area contributed by atoms with Crippen molar-refractivity contribution in [2.45, 2.75) is 13.0 Å². The first-order valence-electron chi connectivity index (χ1n) is 9.39. The summed E-state index contributed by atoms with van der Waals surface area (Å²) in [6, 6.07) is 17.1. The molecule has 0 bridgehead atoms. The van der Waals surface area contributed by atoms with E-state index in [0.717, 1.165) is 28.1 Å². The fraction of sp³-hybridized carbons (Fsp3) is 0.136. The molecule has 1 amide bonds. The first-order chi connectivity index (χ1) is 14.8. The molecule has 1 aliphatic rings. The first-order valence-corrected chi connectivity index (χ1v) is 10.8. The number of hydrogen-bond acceptors (Lipinski definition) is 4. The van der Waals surface area contributed by atoms with Gasteiger partial charge in [-0.2, -0.15) is 8.42 Å². The van der Waals surface area contributed by atoms with E-state index in [9.17, 15) is 22.0 Å². The predicted octanol–water partition coefficient (Wildman–Crippen LogP) is 3.32. The van der Waals surface area contributed by atoms with Crippen LogP contribution in [-0.4, -0.2) is 20.9 Å². The highest BCUT2D eigenvalue weighted by atomic mass is 32.2. The molecular weight excluding hydrogens is 426 g/mol. The molecular formula is C22H18F2N2O4S. The van der Waals surface area contributed by atoms with Gasteiger partial charge in [0.15, 0.2) is 0 Å². The van der Waals surface area contributed by atoms with Gasteiger partial charge in [0.1, 0.15) is 30.5 Å². The molecule has 0 aromatic heterocycles. The Labute approximate surface area is 178 Å². The van der Waals surface area contributed by atoms with Gasteiger partial charge >= 0.3 is 10.2 Å². The zero-order valence-electron chi connectivity index (χ0n) is 16.2. The summed E-state index contributed by atoms with van der Waals surface area (Å²) in [5, 5.41) is 0. The summed E-state index contributed by atoms with van der Waals surface area (Å²) in [7, 11) is -4.03. The second kappa shape index (κ2) is 8.35. The Morgan fingerprint density at radius 3 is 2.45 bits per heavy atom. The molecule has 31 heavy (non-hydrogen) atoms. The number of hydrogen-bond donors (Lipinski definition) is 1. The minimum Gasteiger partial charge on any atom is -0.487 e. The van der Waals surface area contributed by atoms with E-state index in [1.54, 1.807) is 12.1 Å². The molecule has 9 heteroatoms. The maximum absolute atomic E-state index is 14.1. The maximum atomic E-state index is 14.1. The fourth-order valence-corrected chi connectivity index (χ4v) is 4.44. The van der Waals surface area contributed by atoms with Crippen LogP contribution in [0.5, 0.6) is 5.75 Å². The van der Waals surface area contributed by atoms with E-state index in [4.69, 9.17) is 4.74 Å². The number of rotatable bonds is 6. The SMILES string of the molecule is O=C1CN(c2ccc(Cc3cc(F)ccc3F)cc2OCc2ccccc2)S(=O)(=O)N1. The van der Waals surface area contributed by atoms with E-state index in [2.05, 4.69) is 0 Å². The van der Waals surface area contributed by atoms with Gasteiger partial charge in [0.25, 0.3) is 5.91 Å². The highest BCUT2D eigenvalue weighted by Gasteiger charge is 2.35. The average molecular weight is 444 g/mol. The molecule has 1 saturated heterocycles. The van der Waals surface area contributed by atoms with Gasteiger partial charge in [0, 0.05) is 6.42 Å². The van der Waals surface area contributed by atoms with E-state index >= 15 is 0 Å². The van der Waals surface area contributed by atoms with E-state index in [1.807, 2.05) is 35.1 Å². The second-order valence-electron chi connectivity index (χ2n) is 7.03. The van der Waals surface area contributed by atoms with Crippen LogP contribution in [0.25, 0.3) is 0 Å². The molecule has 1 heterocycles. The Bertz CT molecular complexity index is 1230. The molecule has 3 aromatic rings. The third-order valence-corrected chi connectivity index (χ3v) is 6.14. The molecule has 0 atom stereocenters. The Balaban J connectivity index is 1.69. The zero-order valence-corrected chi connectivity index (χ0v) is 17.0. The number of ether oxygens (including phenoxy) is 1. The maximum Gasteiger partial charge on any atom is 0.326 e. The van der Waals surface area contributed by atoms with Gasteiger partial charge in [-0.25, -0.2) is 17.8 Å². The lowest BCUT2D eigenvalue weighted by molar-refractivity contribution is -0.117. The molecule has 0 saturated carbocycles. The van der Waals surface area contributed by atoms with Crippen LogP contribution < -0.4 is 13.8 Å². The molecule has 0 aliphatic carbocycles. The molecule has 1 N–H and O–H groups in total. The minimum absolute atomic E-state index is 0.0789. The van der Waals surface area contributed by atoms with Crippen LogP contribution in [0.3, 0.4) is 0 Å². The number of halogens is 2. The average Bonchev–Trinajstić information content (AvgIpc) is 3.02. The molecule has 160 valence electrons. The summed E-state index contributed by atoms with van der Waals surface area (Å²) in [5.74, 6) is -1.55. The predicted molar refractivity (Wildman–Crippen MR) is 111 cm³/mol. The molecule has 1 fully saturated rings. The largest absolute Gasteiger partial charge is 0.487 e. The number of nitrogens with one attached hydrogen (secondary N) is 1. The number of carbonyl (C=O) groups is 1. The summed E-state index contributed by atoms with van der Waals surface area (Å²) in [6.07, 6.45) is 0.0789. The molecule has 0 radical (unpaired) electrons. The van der Waals surface area contributed by atoms with Crippen molar-refractivity contribution < 1.29 is 26.7 Å². The minimum atomic E-state index is -4.03. The highest BCUT2D eigenvalue weighted by molar-refractivity contribution is 7.92. The number of benzene rings is 3. The van der Waals surface area contributed by atoms with Crippen LogP contribution in [0.15, 0.2) is 66.7 Å². The van der Waals surface area contributed by atoms with E-state index in [1.165, 1.54) is 6.07 Å². The zero-order chi connectivity index (χ0) is 22.0. The lowest BCUT2D eigenvalue weighted by atomic mass is 10.0. The van der Waals surface area contributed by atoms with Crippen LogP contribution in [0.1, 0.15) is 16.7 Å². The molecule has 4 rings (SSSR count). The summed E-state index contributed by atoms with van der Waals surface area (Å²) < 4.78 is 60.9. The van der Waals surface area contributed by atoms with E-state index in [0.29, 0.717) is 5.56 Å². The molecule has 6 nitrogen and oxygen atoms in total. The van der Waals surface area contributed by atoms with E-state index in [-0.39, 0.29) is 36.6 Å².